The molecule has 158 valence electrons. The minimum atomic E-state index is -0.567. The number of pyridine rings is 2. The van der Waals surface area contributed by atoms with Crippen LogP contribution in [0.25, 0.3) is 11.0 Å². The number of ether oxygens (including phenoxy) is 2. The summed E-state index contributed by atoms with van der Waals surface area (Å²) in [5.41, 5.74) is 1.00. The molecule has 0 atom stereocenters. The van der Waals surface area contributed by atoms with E-state index in [4.69, 9.17) is 21.1 Å². The maximum absolute atomic E-state index is 13.2. The standard InChI is InChI=1S/C22H24ClN3O4/c1-3-29-19(30-4-2)13-25-21(27)18-12-16-6-5-11-24-20(16)26(22(18)28)14-15-7-9-17(23)10-8-15/h5-12,19H,3-4,13-14H2,1-2H3,(H,25,27). The Kier molecular flexibility index (Phi) is 7.57. The third kappa shape index (κ3) is 5.24. The van der Waals surface area contributed by atoms with E-state index in [0.29, 0.717) is 29.3 Å². The molecule has 0 aliphatic carbocycles. The lowest BCUT2D eigenvalue weighted by molar-refractivity contribution is -0.131. The first-order valence-electron chi connectivity index (χ1n) is 9.77. The van der Waals surface area contributed by atoms with Gasteiger partial charge in [-0.1, -0.05) is 23.7 Å². The summed E-state index contributed by atoms with van der Waals surface area (Å²) in [6.07, 6.45) is 1.05. The van der Waals surface area contributed by atoms with Crippen LogP contribution in [-0.2, 0) is 16.0 Å². The van der Waals surface area contributed by atoms with E-state index in [0.717, 1.165) is 5.56 Å². The zero-order chi connectivity index (χ0) is 21.5. The minimum Gasteiger partial charge on any atom is -0.351 e. The molecule has 1 aromatic carbocycles. The lowest BCUT2D eigenvalue weighted by atomic mass is 10.1. The van der Waals surface area contributed by atoms with Crippen molar-refractivity contribution < 1.29 is 14.3 Å². The summed E-state index contributed by atoms with van der Waals surface area (Å²) < 4.78 is 12.4. The predicted octanol–water partition coefficient (Wildman–Crippen LogP) is 3.23. The summed E-state index contributed by atoms with van der Waals surface area (Å²) in [4.78, 5) is 30.3. The fourth-order valence-corrected chi connectivity index (χ4v) is 3.22. The first kappa shape index (κ1) is 22.0. The van der Waals surface area contributed by atoms with Crippen LogP contribution in [0.5, 0.6) is 0 Å². The fourth-order valence-electron chi connectivity index (χ4n) is 3.10. The van der Waals surface area contributed by atoms with Gasteiger partial charge in [-0.15, -0.1) is 0 Å². The third-order valence-electron chi connectivity index (χ3n) is 4.48. The highest BCUT2D eigenvalue weighted by Crippen LogP contribution is 2.15. The highest BCUT2D eigenvalue weighted by molar-refractivity contribution is 6.30. The number of halogens is 1. The number of carbonyl (C=O) groups is 1. The summed E-state index contributed by atoms with van der Waals surface area (Å²) in [5, 5.41) is 4.04. The number of hydrogen-bond donors (Lipinski definition) is 1. The molecular formula is C22H24ClN3O4. The number of nitrogens with zero attached hydrogens (tertiary/aromatic N) is 2. The predicted molar refractivity (Wildman–Crippen MR) is 116 cm³/mol. The molecule has 0 radical (unpaired) electrons. The van der Waals surface area contributed by atoms with Crippen LogP contribution in [0.4, 0.5) is 0 Å². The van der Waals surface area contributed by atoms with Gasteiger partial charge in [-0.3, -0.25) is 14.2 Å². The molecule has 8 heteroatoms. The van der Waals surface area contributed by atoms with Gasteiger partial charge < -0.3 is 14.8 Å². The second-order valence-electron chi connectivity index (χ2n) is 6.54. The van der Waals surface area contributed by atoms with Gasteiger partial charge in [0.1, 0.15) is 11.2 Å². The number of fused-ring (bicyclic) bond motifs is 1. The lowest BCUT2D eigenvalue weighted by Crippen LogP contribution is -2.39. The zero-order valence-corrected chi connectivity index (χ0v) is 17.7. The van der Waals surface area contributed by atoms with E-state index < -0.39 is 17.8 Å². The number of aromatic nitrogens is 2. The maximum Gasteiger partial charge on any atom is 0.265 e. The van der Waals surface area contributed by atoms with E-state index in [1.54, 1.807) is 30.5 Å². The summed E-state index contributed by atoms with van der Waals surface area (Å²) in [5.74, 6) is -0.486. The molecule has 3 rings (SSSR count). The second-order valence-corrected chi connectivity index (χ2v) is 6.98. The zero-order valence-electron chi connectivity index (χ0n) is 16.9. The molecule has 1 N–H and O–H groups in total. The van der Waals surface area contributed by atoms with E-state index >= 15 is 0 Å². The Labute approximate surface area is 179 Å². The molecule has 2 heterocycles. The Morgan fingerprint density at radius 2 is 1.87 bits per heavy atom. The van der Waals surface area contributed by atoms with Crippen molar-refractivity contribution in [2.75, 3.05) is 19.8 Å². The SMILES string of the molecule is CCOC(CNC(=O)c1cc2cccnc2n(Cc2ccc(Cl)cc2)c1=O)OCC. The van der Waals surface area contributed by atoms with Crippen LogP contribution >= 0.6 is 11.6 Å². The van der Waals surface area contributed by atoms with Crippen molar-refractivity contribution in [3.63, 3.8) is 0 Å². The molecule has 0 saturated heterocycles. The average molecular weight is 430 g/mol. The molecule has 0 unspecified atom stereocenters. The molecule has 0 aliphatic rings. The first-order valence-corrected chi connectivity index (χ1v) is 10.2. The molecule has 0 fully saturated rings. The summed E-state index contributed by atoms with van der Waals surface area (Å²) >= 11 is 5.96. The number of hydrogen-bond acceptors (Lipinski definition) is 5. The molecule has 30 heavy (non-hydrogen) atoms. The van der Waals surface area contributed by atoms with Gasteiger partial charge in [0.2, 0.25) is 0 Å². The van der Waals surface area contributed by atoms with E-state index in [2.05, 4.69) is 10.3 Å². The molecule has 7 nitrogen and oxygen atoms in total. The lowest BCUT2D eigenvalue weighted by Gasteiger charge is -2.18. The van der Waals surface area contributed by atoms with Gasteiger partial charge in [-0.2, -0.15) is 0 Å². The van der Waals surface area contributed by atoms with Crippen LogP contribution < -0.4 is 10.9 Å². The van der Waals surface area contributed by atoms with E-state index in [-0.39, 0.29) is 18.7 Å². The molecule has 0 saturated carbocycles. The normalized spacial score (nSPS) is 11.2. The van der Waals surface area contributed by atoms with Gasteiger partial charge in [0.05, 0.1) is 13.1 Å². The minimum absolute atomic E-state index is 0.0382. The van der Waals surface area contributed by atoms with Crippen LogP contribution in [0.3, 0.4) is 0 Å². The van der Waals surface area contributed by atoms with Crippen molar-refractivity contribution in [3.8, 4) is 0 Å². The quantitative estimate of drug-likeness (QED) is 0.528. The van der Waals surface area contributed by atoms with Crippen LogP contribution in [0.2, 0.25) is 5.02 Å². The molecule has 0 bridgehead atoms. The van der Waals surface area contributed by atoms with Gasteiger partial charge >= 0.3 is 0 Å². The fraction of sp³-hybridized carbons (Fsp3) is 0.318. The van der Waals surface area contributed by atoms with E-state index in [9.17, 15) is 9.59 Å². The monoisotopic (exact) mass is 429 g/mol. The Bertz CT molecular complexity index is 1060. The number of rotatable bonds is 9. The molecule has 0 spiro atoms. The summed E-state index contributed by atoms with van der Waals surface area (Å²) in [6, 6.07) is 12.3. The highest BCUT2D eigenvalue weighted by atomic mass is 35.5. The molecule has 1 amide bonds. The Morgan fingerprint density at radius 1 is 1.17 bits per heavy atom. The van der Waals surface area contributed by atoms with Crippen molar-refractivity contribution in [3.05, 3.63) is 75.2 Å². The average Bonchev–Trinajstić information content (AvgIpc) is 2.75. The van der Waals surface area contributed by atoms with E-state index in [1.807, 2.05) is 32.0 Å². The third-order valence-corrected chi connectivity index (χ3v) is 4.73. The number of carbonyl (C=O) groups excluding carboxylic acids is 1. The van der Waals surface area contributed by atoms with Crippen LogP contribution in [0.15, 0.2) is 53.5 Å². The van der Waals surface area contributed by atoms with Crippen LogP contribution in [0.1, 0.15) is 29.8 Å². The Morgan fingerprint density at radius 3 is 2.53 bits per heavy atom. The van der Waals surface area contributed by atoms with Gasteiger partial charge in [0.25, 0.3) is 11.5 Å². The van der Waals surface area contributed by atoms with E-state index in [1.165, 1.54) is 4.57 Å². The van der Waals surface area contributed by atoms with Gasteiger partial charge in [0, 0.05) is 29.8 Å². The second kappa shape index (κ2) is 10.3. The van der Waals surface area contributed by atoms with Crippen LogP contribution in [-0.4, -0.2) is 41.5 Å². The molecule has 3 aromatic rings. The molecule has 0 aliphatic heterocycles. The van der Waals surface area contributed by atoms with Gasteiger partial charge in [0.15, 0.2) is 6.29 Å². The molecular weight excluding hydrogens is 406 g/mol. The highest BCUT2D eigenvalue weighted by Gasteiger charge is 2.18. The first-order chi connectivity index (χ1) is 14.5. The smallest absolute Gasteiger partial charge is 0.265 e. The molecule has 2 aromatic heterocycles. The van der Waals surface area contributed by atoms with Crippen LogP contribution in [0, 0.1) is 0 Å². The van der Waals surface area contributed by atoms with Crippen molar-refractivity contribution >= 4 is 28.5 Å². The van der Waals surface area contributed by atoms with Crippen molar-refractivity contribution in [2.45, 2.75) is 26.7 Å². The summed E-state index contributed by atoms with van der Waals surface area (Å²) in [6.45, 7) is 5.01. The largest absolute Gasteiger partial charge is 0.351 e. The topological polar surface area (TPSA) is 82.5 Å². The number of amides is 1. The van der Waals surface area contributed by atoms with Gasteiger partial charge in [-0.25, -0.2) is 4.98 Å². The van der Waals surface area contributed by atoms with Crippen molar-refractivity contribution in [1.29, 1.82) is 0 Å². The summed E-state index contributed by atoms with van der Waals surface area (Å²) in [7, 11) is 0. The van der Waals surface area contributed by atoms with Crippen molar-refractivity contribution in [2.24, 2.45) is 0 Å². The number of benzene rings is 1. The van der Waals surface area contributed by atoms with Crippen molar-refractivity contribution in [1.82, 2.24) is 14.9 Å². The Hall–Kier alpha value is -2.74. The van der Waals surface area contributed by atoms with Gasteiger partial charge in [-0.05, 0) is 49.7 Å². The maximum atomic E-state index is 13.2. The Balaban J connectivity index is 1.93. The number of nitrogens with one attached hydrogen (secondary N) is 1.